The third-order valence-electron chi connectivity index (χ3n) is 5.30. The van der Waals surface area contributed by atoms with Gasteiger partial charge in [-0.25, -0.2) is 0 Å². The molecule has 0 fully saturated rings. The predicted octanol–water partition coefficient (Wildman–Crippen LogP) is 4.30. The summed E-state index contributed by atoms with van der Waals surface area (Å²) < 4.78 is 0. The molecule has 0 aromatic heterocycles. The van der Waals surface area contributed by atoms with Crippen LogP contribution in [0.25, 0.3) is 0 Å². The Hall–Kier alpha value is -2.62. The largest absolute Gasteiger partial charge is 0.354 e. The summed E-state index contributed by atoms with van der Waals surface area (Å²) in [5, 5.41) is 3.01. The predicted molar refractivity (Wildman–Crippen MR) is 119 cm³/mol. The summed E-state index contributed by atoms with van der Waals surface area (Å²) >= 11 is 0. The smallest absolute Gasteiger partial charge is 0.242 e. The van der Waals surface area contributed by atoms with Crippen LogP contribution in [0.4, 0.5) is 0 Å². The second-order valence-electron chi connectivity index (χ2n) is 7.49. The van der Waals surface area contributed by atoms with Gasteiger partial charge in [-0.15, -0.1) is 0 Å². The first kappa shape index (κ1) is 22.7. The van der Waals surface area contributed by atoms with Crippen molar-refractivity contribution in [2.24, 2.45) is 0 Å². The molecule has 2 aromatic rings. The molecule has 4 nitrogen and oxygen atoms in total. The lowest BCUT2D eigenvalue weighted by Crippen LogP contribution is -2.50. The molecule has 0 spiro atoms. The van der Waals surface area contributed by atoms with Crippen LogP contribution < -0.4 is 5.32 Å². The monoisotopic (exact) mass is 394 g/mol. The maximum absolute atomic E-state index is 13.3. The summed E-state index contributed by atoms with van der Waals surface area (Å²) in [6, 6.07) is 17.6. The Kier molecular flexibility index (Phi) is 9.42. The Balaban J connectivity index is 2.17. The highest BCUT2D eigenvalue weighted by Gasteiger charge is 2.28. The van der Waals surface area contributed by atoms with Crippen LogP contribution in [0.5, 0.6) is 0 Å². The maximum atomic E-state index is 13.3. The minimum atomic E-state index is -0.438. The molecule has 2 rings (SSSR count). The van der Waals surface area contributed by atoms with Gasteiger partial charge in [0.05, 0.1) is 6.42 Å². The first-order chi connectivity index (χ1) is 14.1. The van der Waals surface area contributed by atoms with E-state index >= 15 is 0 Å². The summed E-state index contributed by atoms with van der Waals surface area (Å²) in [6.45, 7) is 7.28. The lowest BCUT2D eigenvalue weighted by atomic mass is 10.0. The summed E-state index contributed by atoms with van der Waals surface area (Å²) in [5.41, 5.74) is 3.29. The van der Waals surface area contributed by atoms with Crippen LogP contribution in [-0.2, 0) is 22.4 Å². The van der Waals surface area contributed by atoms with Gasteiger partial charge in [0, 0.05) is 13.1 Å². The molecule has 0 aliphatic carbocycles. The van der Waals surface area contributed by atoms with E-state index in [9.17, 15) is 9.59 Å². The van der Waals surface area contributed by atoms with Crippen molar-refractivity contribution in [3.63, 3.8) is 0 Å². The zero-order valence-electron chi connectivity index (χ0n) is 18.0. The van der Waals surface area contributed by atoms with Gasteiger partial charge in [-0.2, -0.15) is 0 Å². The van der Waals surface area contributed by atoms with E-state index in [1.807, 2.05) is 56.3 Å². The van der Waals surface area contributed by atoms with E-state index in [1.54, 1.807) is 4.90 Å². The third-order valence-corrected chi connectivity index (χ3v) is 5.30. The first-order valence-corrected chi connectivity index (χ1v) is 10.7. The molecule has 1 unspecified atom stereocenters. The molecule has 0 aliphatic rings. The lowest BCUT2D eigenvalue weighted by molar-refractivity contribution is -0.140. The fourth-order valence-corrected chi connectivity index (χ4v) is 3.47. The number of carbonyl (C=O) groups excluding carboxylic acids is 2. The molecule has 0 saturated heterocycles. The molecule has 0 radical (unpaired) electrons. The van der Waals surface area contributed by atoms with Crippen LogP contribution in [0.1, 0.15) is 49.8 Å². The van der Waals surface area contributed by atoms with E-state index in [-0.39, 0.29) is 11.8 Å². The average Bonchev–Trinajstić information content (AvgIpc) is 2.73. The fourth-order valence-electron chi connectivity index (χ4n) is 3.47. The number of aryl methyl sites for hydroxylation is 1. The van der Waals surface area contributed by atoms with Gasteiger partial charge in [0.25, 0.3) is 0 Å². The Labute approximate surface area is 175 Å². The van der Waals surface area contributed by atoms with Gasteiger partial charge in [0.2, 0.25) is 11.8 Å². The minimum Gasteiger partial charge on any atom is -0.354 e. The number of nitrogens with zero attached hydrogens (tertiary/aromatic N) is 1. The molecule has 2 amide bonds. The van der Waals surface area contributed by atoms with Crippen molar-refractivity contribution in [2.75, 3.05) is 13.1 Å². The van der Waals surface area contributed by atoms with Crippen LogP contribution in [0.15, 0.2) is 54.6 Å². The Bertz CT molecular complexity index is 773. The van der Waals surface area contributed by atoms with Gasteiger partial charge in [0.1, 0.15) is 6.04 Å². The minimum absolute atomic E-state index is 0.00715. The van der Waals surface area contributed by atoms with E-state index in [0.29, 0.717) is 25.9 Å². The van der Waals surface area contributed by atoms with Crippen LogP contribution in [-0.4, -0.2) is 35.8 Å². The molecule has 0 aliphatic heterocycles. The highest BCUT2D eigenvalue weighted by Crippen LogP contribution is 2.14. The van der Waals surface area contributed by atoms with Gasteiger partial charge in [0.15, 0.2) is 0 Å². The van der Waals surface area contributed by atoms with Crippen molar-refractivity contribution in [1.29, 1.82) is 0 Å². The molecule has 4 heteroatoms. The maximum Gasteiger partial charge on any atom is 0.242 e. The van der Waals surface area contributed by atoms with E-state index in [0.717, 1.165) is 30.4 Å². The number of benzene rings is 2. The summed E-state index contributed by atoms with van der Waals surface area (Å²) in [5.74, 6) is -0.0418. The van der Waals surface area contributed by atoms with Crippen molar-refractivity contribution in [1.82, 2.24) is 10.2 Å². The summed E-state index contributed by atoms with van der Waals surface area (Å²) in [6.07, 6.45) is 3.63. The number of hydrogen-bond donors (Lipinski definition) is 1. The van der Waals surface area contributed by atoms with Crippen LogP contribution >= 0.6 is 0 Å². The SMILES string of the molecule is CCCCNC(=O)C(CC)N(CCc1ccccc1)C(=O)Cc1ccccc1C. The molecular weight excluding hydrogens is 360 g/mol. The van der Waals surface area contributed by atoms with Crippen molar-refractivity contribution in [3.8, 4) is 0 Å². The molecule has 0 heterocycles. The van der Waals surface area contributed by atoms with E-state index in [2.05, 4.69) is 24.4 Å². The molecule has 0 saturated carbocycles. The van der Waals surface area contributed by atoms with Crippen LogP contribution in [0, 0.1) is 6.92 Å². The zero-order valence-corrected chi connectivity index (χ0v) is 18.0. The highest BCUT2D eigenvalue weighted by atomic mass is 16.2. The van der Waals surface area contributed by atoms with Gasteiger partial charge >= 0.3 is 0 Å². The van der Waals surface area contributed by atoms with Crippen LogP contribution in [0.3, 0.4) is 0 Å². The van der Waals surface area contributed by atoms with Crippen molar-refractivity contribution in [2.45, 2.75) is 58.9 Å². The molecule has 1 N–H and O–H groups in total. The number of unbranched alkanes of at least 4 members (excludes halogenated alkanes) is 1. The average molecular weight is 395 g/mol. The molecule has 156 valence electrons. The van der Waals surface area contributed by atoms with E-state index in [1.165, 1.54) is 5.56 Å². The number of rotatable bonds is 11. The number of amides is 2. The molecular formula is C25H34N2O2. The number of hydrogen-bond acceptors (Lipinski definition) is 2. The molecule has 1 atom stereocenters. The Morgan fingerprint density at radius 1 is 1.00 bits per heavy atom. The fraction of sp³-hybridized carbons (Fsp3) is 0.440. The zero-order chi connectivity index (χ0) is 21.1. The van der Waals surface area contributed by atoms with Gasteiger partial charge in [-0.05, 0) is 42.9 Å². The normalized spacial score (nSPS) is 11.7. The van der Waals surface area contributed by atoms with Crippen LogP contribution in [0.2, 0.25) is 0 Å². The quantitative estimate of drug-likeness (QED) is 0.578. The second kappa shape index (κ2) is 12.1. The Morgan fingerprint density at radius 3 is 2.34 bits per heavy atom. The van der Waals surface area contributed by atoms with Gasteiger partial charge in [-0.3, -0.25) is 9.59 Å². The van der Waals surface area contributed by atoms with E-state index in [4.69, 9.17) is 0 Å². The molecule has 0 bridgehead atoms. The standard InChI is InChI=1S/C25H34N2O2/c1-4-6-17-26-25(29)23(5-2)27(18-16-21-13-8-7-9-14-21)24(28)19-22-15-11-10-12-20(22)3/h7-15,23H,4-6,16-19H2,1-3H3,(H,26,29). The third kappa shape index (κ3) is 7.04. The van der Waals surface area contributed by atoms with Gasteiger partial charge in [-0.1, -0.05) is 74.9 Å². The van der Waals surface area contributed by atoms with Crippen molar-refractivity contribution in [3.05, 3.63) is 71.3 Å². The van der Waals surface area contributed by atoms with Crippen molar-refractivity contribution >= 4 is 11.8 Å². The number of nitrogens with one attached hydrogen (secondary N) is 1. The summed E-state index contributed by atoms with van der Waals surface area (Å²) in [7, 11) is 0. The van der Waals surface area contributed by atoms with Crippen molar-refractivity contribution < 1.29 is 9.59 Å². The first-order valence-electron chi connectivity index (χ1n) is 10.7. The lowest BCUT2D eigenvalue weighted by Gasteiger charge is -2.31. The second-order valence-corrected chi connectivity index (χ2v) is 7.49. The van der Waals surface area contributed by atoms with E-state index < -0.39 is 6.04 Å². The highest BCUT2D eigenvalue weighted by molar-refractivity contribution is 5.88. The molecule has 29 heavy (non-hydrogen) atoms. The topological polar surface area (TPSA) is 49.4 Å². The number of carbonyl (C=O) groups is 2. The van der Waals surface area contributed by atoms with Gasteiger partial charge < -0.3 is 10.2 Å². The molecule has 2 aromatic carbocycles. The summed E-state index contributed by atoms with van der Waals surface area (Å²) in [4.78, 5) is 27.9. The Morgan fingerprint density at radius 2 is 1.69 bits per heavy atom.